The van der Waals surface area contributed by atoms with Gasteiger partial charge in [0.15, 0.2) is 0 Å². The zero-order chi connectivity index (χ0) is 19.6. The van der Waals surface area contributed by atoms with E-state index in [4.69, 9.17) is 11.6 Å². The lowest BCUT2D eigenvalue weighted by Gasteiger charge is -2.12. The molecule has 1 amide bonds. The quantitative estimate of drug-likeness (QED) is 0.525. The molecule has 2 aromatic rings. The number of rotatable bonds is 5. The SMILES string of the molecule is CN(C)/C=C1/C(=O)N(c2ccc(Cl)cc2)N=C1c1ccccc1SC(F)F. The molecule has 2 aromatic carbocycles. The highest BCUT2D eigenvalue weighted by molar-refractivity contribution is 7.99. The summed E-state index contributed by atoms with van der Waals surface area (Å²) in [5.41, 5.74) is 1.72. The lowest BCUT2D eigenvalue weighted by Crippen LogP contribution is -2.22. The van der Waals surface area contributed by atoms with Crippen molar-refractivity contribution in [3.63, 3.8) is 0 Å². The Kier molecular flexibility index (Phi) is 5.82. The van der Waals surface area contributed by atoms with Crippen molar-refractivity contribution in [2.24, 2.45) is 5.10 Å². The fourth-order valence-electron chi connectivity index (χ4n) is 2.61. The van der Waals surface area contributed by atoms with Crippen LogP contribution in [0.1, 0.15) is 5.56 Å². The molecule has 0 spiro atoms. The van der Waals surface area contributed by atoms with E-state index in [-0.39, 0.29) is 5.91 Å². The molecule has 4 nitrogen and oxygen atoms in total. The first-order chi connectivity index (χ1) is 12.9. The Hall–Kier alpha value is -2.38. The number of hydrogen-bond donors (Lipinski definition) is 0. The zero-order valence-electron chi connectivity index (χ0n) is 14.6. The fraction of sp³-hybridized carbons (Fsp3) is 0.158. The number of carbonyl (C=O) groups excluding carboxylic acids is 1. The van der Waals surface area contributed by atoms with E-state index in [2.05, 4.69) is 5.10 Å². The standard InChI is InChI=1S/C19H16ClF2N3OS/c1-24(2)11-15-17(14-5-3-4-6-16(14)27-19(21)22)23-25(18(15)26)13-9-7-12(20)8-10-13/h3-11,19H,1-2H3/b15-11+. The lowest BCUT2D eigenvalue weighted by molar-refractivity contribution is -0.114. The lowest BCUT2D eigenvalue weighted by atomic mass is 10.0. The number of hydrogen-bond acceptors (Lipinski definition) is 4. The number of alkyl halides is 2. The Balaban J connectivity index is 2.11. The van der Waals surface area contributed by atoms with Crippen molar-refractivity contribution in [3.05, 3.63) is 70.9 Å². The first kappa shape index (κ1) is 19.4. The van der Waals surface area contributed by atoms with Crippen molar-refractivity contribution in [1.82, 2.24) is 4.90 Å². The highest BCUT2D eigenvalue weighted by atomic mass is 35.5. The number of benzene rings is 2. The molecule has 0 aliphatic carbocycles. The van der Waals surface area contributed by atoms with Gasteiger partial charge in [-0.2, -0.15) is 18.9 Å². The number of hydrazone groups is 1. The van der Waals surface area contributed by atoms with Gasteiger partial charge in [-0.3, -0.25) is 4.79 Å². The van der Waals surface area contributed by atoms with Crippen LogP contribution in [0.3, 0.4) is 0 Å². The first-order valence-electron chi connectivity index (χ1n) is 7.98. The van der Waals surface area contributed by atoms with Crippen molar-refractivity contribution >= 4 is 40.7 Å². The van der Waals surface area contributed by atoms with E-state index >= 15 is 0 Å². The van der Waals surface area contributed by atoms with Crippen LogP contribution in [-0.4, -0.2) is 36.4 Å². The molecule has 0 bridgehead atoms. The minimum absolute atomic E-state index is 0.331. The summed E-state index contributed by atoms with van der Waals surface area (Å²) in [5.74, 6) is -2.91. The van der Waals surface area contributed by atoms with Crippen LogP contribution in [0.15, 0.2) is 70.3 Å². The summed E-state index contributed by atoms with van der Waals surface area (Å²) in [6.07, 6.45) is 1.64. The van der Waals surface area contributed by atoms with Gasteiger partial charge in [-0.1, -0.05) is 41.6 Å². The van der Waals surface area contributed by atoms with E-state index in [1.165, 1.54) is 5.01 Å². The van der Waals surface area contributed by atoms with Crippen molar-refractivity contribution in [1.29, 1.82) is 0 Å². The summed E-state index contributed by atoms with van der Waals surface area (Å²) in [6.45, 7) is 0. The molecule has 0 saturated heterocycles. The number of thioether (sulfide) groups is 1. The van der Waals surface area contributed by atoms with Gasteiger partial charge >= 0.3 is 0 Å². The van der Waals surface area contributed by atoms with E-state index in [0.717, 1.165) is 0 Å². The molecule has 140 valence electrons. The van der Waals surface area contributed by atoms with Crippen LogP contribution < -0.4 is 5.01 Å². The molecule has 0 atom stereocenters. The molecule has 0 aromatic heterocycles. The number of nitrogens with zero attached hydrogens (tertiary/aromatic N) is 3. The Bertz CT molecular complexity index is 913. The number of amides is 1. The van der Waals surface area contributed by atoms with Gasteiger partial charge in [0.1, 0.15) is 5.71 Å². The van der Waals surface area contributed by atoms with Gasteiger partial charge in [-0.25, -0.2) is 0 Å². The maximum atomic E-state index is 13.0. The summed E-state index contributed by atoms with van der Waals surface area (Å²) in [5, 5.41) is 6.24. The van der Waals surface area contributed by atoms with Crippen LogP contribution >= 0.6 is 23.4 Å². The number of carbonyl (C=O) groups is 1. The maximum absolute atomic E-state index is 13.0. The Morgan fingerprint density at radius 3 is 2.44 bits per heavy atom. The second kappa shape index (κ2) is 8.10. The monoisotopic (exact) mass is 407 g/mol. The van der Waals surface area contributed by atoms with Crippen molar-refractivity contribution < 1.29 is 13.6 Å². The largest absolute Gasteiger partial charge is 0.383 e. The second-order valence-corrected chi connectivity index (χ2v) is 7.39. The third kappa shape index (κ3) is 4.31. The molecule has 0 unspecified atom stereocenters. The van der Waals surface area contributed by atoms with Crippen LogP contribution in [0, 0.1) is 0 Å². The molecule has 1 aliphatic rings. The van der Waals surface area contributed by atoms with Crippen molar-refractivity contribution in [2.45, 2.75) is 10.7 Å². The van der Waals surface area contributed by atoms with Crippen LogP contribution in [0.4, 0.5) is 14.5 Å². The number of halogens is 3. The second-order valence-electron chi connectivity index (χ2n) is 5.92. The number of anilines is 1. The molecule has 1 aliphatic heterocycles. The molecule has 1 heterocycles. The predicted octanol–water partition coefficient (Wildman–Crippen LogP) is 4.85. The summed E-state index contributed by atoms with van der Waals surface area (Å²) < 4.78 is 25.9. The van der Waals surface area contributed by atoms with E-state index in [1.54, 1.807) is 73.7 Å². The van der Waals surface area contributed by atoms with Crippen LogP contribution in [0.2, 0.25) is 5.02 Å². The van der Waals surface area contributed by atoms with E-state index < -0.39 is 5.76 Å². The average molecular weight is 408 g/mol. The molecule has 0 N–H and O–H groups in total. The summed E-state index contributed by atoms with van der Waals surface area (Å²) in [4.78, 5) is 15.1. The Morgan fingerprint density at radius 1 is 1.15 bits per heavy atom. The van der Waals surface area contributed by atoms with E-state index in [1.807, 2.05) is 0 Å². The Morgan fingerprint density at radius 2 is 1.81 bits per heavy atom. The first-order valence-corrected chi connectivity index (χ1v) is 9.24. The molecule has 27 heavy (non-hydrogen) atoms. The van der Waals surface area contributed by atoms with Gasteiger partial charge < -0.3 is 4.90 Å². The predicted molar refractivity (Wildman–Crippen MR) is 106 cm³/mol. The van der Waals surface area contributed by atoms with Gasteiger partial charge in [0.2, 0.25) is 0 Å². The normalized spacial score (nSPS) is 15.6. The molecule has 3 rings (SSSR count). The van der Waals surface area contributed by atoms with Gasteiger partial charge in [0.05, 0.1) is 11.3 Å². The molecule has 8 heteroatoms. The minimum Gasteiger partial charge on any atom is -0.383 e. The van der Waals surface area contributed by atoms with Crippen LogP contribution in [0.5, 0.6) is 0 Å². The third-order valence-electron chi connectivity index (χ3n) is 3.69. The van der Waals surface area contributed by atoms with Gasteiger partial charge in [-0.15, -0.1) is 0 Å². The van der Waals surface area contributed by atoms with Crippen molar-refractivity contribution in [3.8, 4) is 0 Å². The average Bonchev–Trinajstić information content (AvgIpc) is 2.92. The van der Waals surface area contributed by atoms with Gasteiger partial charge in [0, 0.05) is 35.8 Å². The highest BCUT2D eigenvalue weighted by Gasteiger charge is 2.33. The van der Waals surface area contributed by atoms with Gasteiger partial charge in [0.25, 0.3) is 11.7 Å². The minimum atomic E-state index is -2.57. The molecular formula is C19H16ClF2N3OS. The van der Waals surface area contributed by atoms with Crippen LogP contribution in [0.25, 0.3) is 0 Å². The molecule has 0 fully saturated rings. The highest BCUT2D eigenvalue weighted by Crippen LogP contribution is 2.33. The summed E-state index contributed by atoms with van der Waals surface area (Å²) in [6, 6.07) is 13.4. The van der Waals surface area contributed by atoms with Crippen LogP contribution in [-0.2, 0) is 4.79 Å². The fourth-order valence-corrected chi connectivity index (χ4v) is 3.37. The van der Waals surface area contributed by atoms with E-state index in [9.17, 15) is 13.6 Å². The van der Waals surface area contributed by atoms with Crippen molar-refractivity contribution in [2.75, 3.05) is 19.1 Å². The molecule has 0 radical (unpaired) electrons. The van der Waals surface area contributed by atoms with Gasteiger partial charge in [-0.05, 0) is 30.3 Å². The maximum Gasteiger partial charge on any atom is 0.288 e. The summed E-state index contributed by atoms with van der Waals surface area (Å²) >= 11 is 6.35. The zero-order valence-corrected chi connectivity index (χ0v) is 16.1. The van der Waals surface area contributed by atoms with E-state index in [0.29, 0.717) is 44.2 Å². The molecular weight excluding hydrogens is 392 g/mol. The third-order valence-corrected chi connectivity index (χ3v) is 4.73. The molecule has 0 saturated carbocycles. The Labute approximate surface area is 165 Å². The topological polar surface area (TPSA) is 35.9 Å². The smallest absolute Gasteiger partial charge is 0.288 e. The summed E-state index contributed by atoms with van der Waals surface area (Å²) in [7, 11) is 3.56.